The minimum absolute atomic E-state index is 0.0679. The summed E-state index contributed by atoms with van der Waals surface area (Å²) in [5.74, 6) is -0.214. The maximum atomic E-state index is 12.7. The summed E-state index contributed by atoms with van der Waals surface area (Å²) in [5, 5.41) is 10.0. The van der Waals surface area contributed by atoms with Crippen molar-refractivity contribution in [2.45, 2.75) is 38.1 Å². The molecule has 1 heterocycles. The average Bonchev–Trinajstić information content (AvgIpc) is 2.65. The van der Waals surface area contributed by atoms with Crippen molar-refractivity contribution in [3.63, 3.8) is 0 Å². The molecule has 28 heavy (non-hydrogen) atoms. The zero-order chi connectivity index (χ0) is 20.6. The molecule has 2 rings (SSSR count). The normalized spacial score (nSPS) is 19.2. The molecule has 0 radical (unpaired) electrons. The van der Waals surface area contributed by atoms with Gasteiger partial charge in [0.2, 0.25) is 0 Å². The number of ether oxygens (including phenoxy) is 3. The Morgan fingerprint density at radius 1 is 1.43 bits per heavy atom. The Hall–Kier alpha value is -1.84. The highest BCUT2D eigenvalue weighted by atomic mass is 19.4. The van der Waals surface area contributed by atoms with Gasteiger partial charge in [-0.25, -0.2) is 0 Å². The topological polar surface area (TPSA) is 68.2 Å². The fourth-order valence-electron chi connectivity index (χ4n) is 2.81. The van der Waals surface area contributed by atoms with E-state index in [1.54, 1.807) is 0 Å². The van der Waals surface area contributed by atoms with E-state index in [4.69, 9.17) is 14.2 Å². The Kier molecular flexibility index (Phi) is 8.53. The zero-order valence-corrected chi connectivity index (χ0v) is 15.8. The summed E-state index contributed by atoms with van der Waals surface area (Å²) < 4.78 is 54.3. The monoisotopic (exact) mass is 405 g/mol. The van der Waals surface area contributed by atoms with Crippen molar-refractivity contribution in [1.82, 2.24) is 4.90 Å². The van der Waals surface area contributed by atoms with Gasteiger partial charge in [-0.3, -0.25) is 9.69 Å². The van der Waals surface area contributed by atoms with Crippen LogP contribution in [0.5, 0.6) is 5.75 Å². The molecule has 0 bridgehead atoms. The van der Waals surface area contributed by atoms with Crippen LogP contribution in [-0.4, -0.2) is 67.6 Å². The quantitative estimate of drug-likeness (QED) is 0.637. The number of hydrogen-bond acceptors (Lipinski definition) is 6. The van der Waals surface area contributed by atoms with Gasteiger partial charge >= 0.3 is 12.1 Å². The third-order valence-corrected chi connectivity index (χ3v) is 4.18. The van der Waals surface area contributed by atoms with Gasteiger partial charge in [-0.2, -0.15) is 13.2 Å². The van der Waals surface area contributed by atoms with Crippen molar-refractivity contribution in [2.75, 3.05) is 39.5 Å². The van der Waals surface area contributed by atoms with Crippen molar-refractivity contribution < 1.29 is 37.3 Å². The van der Waals surface area contributed by atoms with Crippen LogP contribution in [0.1, 0.15) is 25.3 Å². The second-order valence-corrected chi connectivity index (χ2v) is 6.68. The molecular formula is C19H26F3NO5. The third kappa shape index (κ3) is 7.65. The lowest BCUT2D eigenvalue weighted by molar-refractivity contribution is -0.147. The van der Waals surface area contributed by atoms with Gasteiger partial charge in [0.05, 0.1) is 12.2 Å². The molecule has 0 aromatic heterocycles. The van der Waals surface area contributed by atoms with E-state index in [9.17, 15) is 23.1 Å². The Labute approximate surface area is 162 Å². The van der Waals surface area contributed by atoms with Crippen LogP contribution in [0.2, 0.25) is 0 Å². The molecule has 1 aromatic rings. The van der Waals surface area contributed by atoms with Crippen LogP contribution in [0.3, 0.4) is 0 Å². The highest BCUT2D eigenvalue weighted by Gasteiger charge is 2.31. The summed E-state index contributed by atoms with van der Waals surface area (Å²) in [6.07, 6.45) is -4.57. The number of carbonyl (C=O) groups is 1. The highest BCUT2D eigenvalue weighted by molar-refractivity contribution is 5.69. The lowest BCUT2D eigenvalue weighted by Gasteiger charge is -2.33. The largest absolute Gasteiger partial charge is 0.491 e. The van der Waals surface area contributed by atoms with Gasteiger partial charge < -0.3 is 19.3 Å². The van der Waals surface area contributed by atoms with Gasteiger partial charge in [-0.05, 0) is 24.6 Å². The molecule has 158 valence electrons. The molecule has 2 atom stereocenters. The molecule has 6 nitrogen and oxygen atoms in total. The molecule has 0 spiro atoms. The number of nitrogens with zero attached hydrogens (tertiary/aromatic N) is 1. The first kappa shape index (κ1) is 22.4. The van der Waals surface area contributed by atoms with Gasteiger partial charge in [0.1, 0.15) is 31.2 Å². The van der Waals surface area contributed by atoms with Crippen molar-refractivity contribution >= 4 is 5.97 Å². The number of β-amino-alcohol motifs (C(OH)–C–C–N with tert-alkyl or cyclic N) is 1. The predicted octanol–water partition coefficient (Wildman–Crippen LogP) is 2.49. The molecule has 0 aliphatic carbocycles. The fraction of sp³-hybridized carbons (Fsp3) is 0.632. The number of aliphatic hydroxyl groups is 1. The second-order valence-electron chi connectivity index (χ2n) is 6.68. The number of alkyl halides is 3. The SMILES string of the molecule is CCCC(=O)OCC(O)CN1CCOC(COc2cccc(C(F)(F)F)c2)C1. The van der Waals surface area contributed by atoms with Gasteiger partial charge in [-0.1, -0.05) is 13.0 Å². The summed E-state index contributed by atoms with van der Waals surface area (Å²) in [6, 6.07) is 4.70. The predicted molar refractivity (Wildman–Crippen MR) is 95.0 cm³/mol. The number of carbonyl (C=O) groups excluding carboxylic acids is 1. The number of hydrogen-bond donors (Lipinski definition) is 1. The van der Waals surface area contributed by atoms with Crippen LogP contribution < -0.4 is 4.74 Å². The molecule has 1 saturated heterocycles. The first-order valence-electron chi connectivity index (χ1n) is 9.25. The summed E-state index contributed by atoms with van der Waals surface area (Å²) in [6.45, 7) is 3.68. The molecule has 1 aliphatic rings. The summed E-state index contributed by atoms with van der Waals surface area (Å²) >= 11 is 0. The van der Waals surface area contributed by atoms with E-state index < -0.39 is 17.8 Å². The second kappa shape index (κ2) is 10.6. The summed E-state index contributed by atoms with van der Waals surface area (Å²) in [7, 11) is 0. The van der Waals surface area contributed by atoms with Crippen molar-refractivity contribution in [3.05, 3.63) is 29.8 Å². The number of halogens is 3. The van der Waals surface area contributed by atoms with Crippen molar-refractivity contribution in [3.8, 4) is 5.75 Å². The van der Waals surface area contributed by atoms with Gasteiger partial charge in [0.25, 0.3) is 0 Å². The van der Waals surface area contributed by atoms with Crippen LogP contribution in [0.15, 0.2) is 24.3 Å². The Bertz CT molecular complexity index is 626. The molecule has 2 unspecified atom stereocenters. The molecule has 1 fully saturated rings. The Balaban J connectivity index is 1.76. The van der Waals surface area contributed by atoms with Gasteiger partial charge in [-0.15, -0.1) is 0 Å². The van der Waals surface area contributed by atoms with Crippen molar-refractivity contribution in [1.29, 1.82) is 0 Å². The van der Waals surface area contributed by atoms with E-state index in [2.05, 4.69) is 0 Å². The number of rotatable bonds is 9. The van der Waals surface area contributed by atoms with E-state index in [1.807, 2.05) is 11.8 Å². The molecule has 1 aromatic carbocycles. The molecule has 9 heteroatoms. The zero-order valence-electron chi connectivity index (χ0n) is 15.8. The molecule has 1 aliphatic heterocycles. The Morgan fingerprint density at radius 2 is 2.21 bits per heavy atom. The average molecular weight is 405 g/mol. The summed E-state index contributed by atoms with van der Waals surface area (Å²) in [5.41, 5.74) is -0.767. The van der Waals surface area contributed by atoms with E-state index in [1.165, 1.54) is 12.1 Å². The molecule has 1 N–H and O–H groups in total. The highest BCUT2D eigenvalue weighted by Crippen LogP contribution is 2.31. The number of morpholine rings is 1. The van der Waals surface area contributed by atoms with Gasteiger partial charge in [0.15, 0.2) is 0 Å². The number of esters is 1. The van der Waals surface area contributed by atoms with Crippen LogP contribution in [-0.2, 0) is 20.4 Å². The maximum Gasteiger partial charge on any atom is 0.416 e. The minimum Gasteiger partial charge on any atom is -0.491 e. The van der Waals surface area contributed by atoms with Crippen LogP contribution in [0, 0.1) is 0 Å². The van der Waals surface area contributed by atoms with E-state index in [-0.39, 0.29) is 31.0 Å². The van der Waals surface area contributed by atoms with E-state index in [0.717, 1.165) is 12.1 Å². The smallest absolute Gasteiger partial charge is 0.416 e. The molecular weight excluding hydrogens is 379 g/mol. The number of benzene rings is 1. The van der Waals surface area contributed by atoms with Crippen LogP contribution in [0.25, 0.3) is 0 Å². The van der Waals surface area contributed by atoms with E-state index in [0.29, 0.717) is 39.1 Å². The number of aliphatic hydroxyl groups excluding tert-OH is 1. The van der Waals surface area contributed by atoms with Gasteiger partial charge in [0, 0.05) is 26.1 Å². The maximum absolute atomic E-state index is 12.7. The third-order valence-electron chi connectivity index (χ3n) is 4.18. The lowest BCUT2D eigenvalue weighted by atomic mass is 10.2. The fourth-order valence-corrected chi connectivity index (χ4v) is 2.81. The lowest BCUT2D eigenvalue weighted by Crippen LogP contribution is -2.48. The minimum atomic E-state index is -4.42. The standard InChI is InChI=1S/C19H26F3NO5/c1-2-4-18(25)28-12-15(24)10-23-7-8-26-17(11-23)13-27-16-6-3-5-14(9-16)19(20,21)22/h3,5-6,9,15,17,24H,2,4,7-8,10-13H2,1H3. The van der Waals surface area contributed by atoms with Crippen LogP contribution in [0.4, 0.5) is 13.2 Å². The first-order chi connectivity index (χ1) is 13.3. The Morgan fingerprint density at radius 3 is 2.93 bits per heavy atom. The van der Waals surface area contributed by atoms with Crippen LogP contribution >= 0.6 is 0 Å². The molecule has 0 amide bonds. The summed E-state index contributed by atoms with van der Waals surface area (Å²) in [4.78, 5) is 13.3. The van der Waals surface area contributed by atoms with Crippen molar-refractivity contribution in [2.24, 2.45) is 0 Å². The van der Waals surface area contributed by atoms with E-state index >= 15 is 0 Å². The first-order valence-corrected chi connectivity index (χ1v) is 9.25. The molecule has 0 saturated carbocycles.